The van der Waals surface area contributed by atoms with E-state index in [1.165, 1.54) is 11.3 Å². The first kappa shape index (κ1) is 11.6. The van der Waals surface area contributed by atoms with Crippen molar-refractivity contribution in [1.82, 2.24) is 0 Å². The molecule has 0 bridgehead atoms. The highest BCUT2D eigenvalue weighted by molar-refractivity contribution is 5.77. The van der Waals surface area contributed by atoms with Crippen LogP contribution in [0.4, 0.5) is 5.69 Å². The number of aryl methyl sites for hydroxylation is 1. The van der Waals surface area contributed by atoms with Crippen LogP contribution in [0.5, 0.6) is 0 Å². The third kappa shape index (κ3) is 3.62. The van der Waals surface area contributed by atoms with Crippen LogP contribution in [0.25, 0.3) is 0 Å². The van der Waals surface area contributed by atoms with E-state index in [1.54, 1.807) is 0 Å². The van der Waals surface area contributed by atoms with Gasteiger partial charge in [-0.05, 0) is 26.0 Å². The van der Waals surface area contributed by atoms with Gasteiger partial charge >= 0.3 is 0 Å². The van der Waals surface area contributed by atoms with Gasteiger partial charge in [-0.15, -0.1) is 0 Å². The summed E-state index contributed by atoms with van der Waals surface area (Å²) in [6.07, 6.45) is 0.627. The lowest BCUT2D eigenvalue weighted by atomic mass is 10.2. The van der Waals surface area contributed by atoms with Crippen LogP contribution in [-0.2, 0) is 0 Å². The third-order valence-electron chi connectivity index (χ3n) is 2.43. The van der Waals surface area contributed by atoms with Crippen molar-refractivity contribution in [3.63, 3.8) is 0 Å². The molecule has 15 heavy (non-hydrogen) atoms. The Kier molecular flexibility index (Phi) is 4.16. The Morgan fingerprint density at radius 3 is 2.40 bits per heavy atom. The van der Waals surface area contributed by atoms with Gasteiger partial charge in [0.2, 0.25) is 0 Å². The summed E-state index contributed by atoms with van der Waals surface area (Å²) >= 11 is 0. The molecular weight excluding hydrogens is 186 g/mol. The van der Waals surface area contributed by atoms with Crippen molar-refractivity contribution in [2.75, 3.05) is 18.0 Å². The fraction of sp³-hybridized carbons (Fsp3) is 0.417. The van der Waals surface area contributed by atoms with E-state index in [0.29, 0.717) is 6.42 Å². The molecule has 0 aromatic heterocycles. The fourth-order valence-electron chi connectivity index (χ4n) is 1.48. The van der Waals surface area contributed by atoms with Crippen LogP contribution in [0.2, 0.25) is 0 Å². The van der Waals surface area contributed by atoms with E-state index < -0.39 is 0 Å². The molecule has 0 saturated carbocycles. The minimum Gasteiger partial charge on any atom is -0.388 e. The summed E-state index contributed by atoms with van der Waals surface area (Å²) < 4.78 is 0. The van der Waals surface area contributed by atoms with Crippen molar-refractivity contribution in [3.8, 4) is 0 Å². The molecule has 0 aliphatic heterocycles. The van der Waals surface area contributed by atoms with Crippen molar-refractivity contribution in [1.29, 1.82) is 5.41 Å². The van der Waals surface area contributed by atoms with Crippen molar-refractivity contribution in [2.45, 2.75) is 20.3 Å². The Morgan fingerprint density at radius 2 is 1.93 bits per heavy atom. The van der Waals surface area contributed by atoms with Gasteiger partial charge in [-0.1, -0.05) is 17.7 Å². The molecule has 1 rings (SSSR count). The molecule has 0 fully saturated rings. The van der Waals surface area contributed by atoms with Crippen LogP contribution >= 0.6 is 0 Å². The number of hydrogen-bond acceptors (Lipinski definition) is 2. The first-order valence-electron chi connectivity index (χ1n) is 5.28. The largest absolute Gasteiger partial charge is 0.388 e. The molecule has 0 unspecified atom stereocenters. The monoisotopic (exact) mass is 205 g/mol. The minimum absolute atomic E-state index is 0.251. The molecule has 0 atom stereocenters. The van der Waals surface area contributed by atoms with Gasteiger partial charge in [0.25, 0.3) is 0 Å². The van der Waals surface area contributed by atoms with E-state index in [2.05, 4.69) is 43.0 Å². The molecule has 0 spiro atoms. The summed E-state index contributed by atoms with van der Waals surface area (Å²) in [6, 6.07) is 8.43. The zero-order valence-electron chi connectivity index (χ0n) is 9.46. The van der Waals surface area contributed by atoms with E-state index in [-0.39, 0.29) is 5.84 Å². The minimum atomic E-state index is 0.251. The van der Waals surface area contributed by atoms with Gasteiger partial charge in [-0.3, -0.25) is 5.41 Å². The first-order chi connectivity index (χ1) is 7.13. The van der Waals surface area contributed by atoms with Crippen LogP contribution in [0, 0.1) is 12.3 Å². The number of nitrogens with zero attached hydrogens (tertiary/aromatic N) is 1. The van der Waals surface area contributed by atoms with E-state index in [4.69, 9.17) is 11.1 Å². The predicted octanol–water partition coefficient (Wildman–Crippen LogP) is 2.15. The average Bonchev–Trinajstić information content (AvgIpc) is 2.21. The summed E-state index contributed by atoms with van der Waals surface area (Å²) in [7, 11) is 0. The van der Waals surface area contributed by atoms with Gasteiger partial charge in [0.1, 0.15) is 0 Å². The van der Waals surface area contributed by atoms with Gasteiger partial charge in [0.05, 0.1) is 5.84 Å². The molecule has 3 heteroatoms. The Bertz CT molecular complexity index is 316. The third-order valence-corrected chi connectivity index (χ3v) is 2.43. The molecule has 0 heterocycles. The molecule has 1 aromatic rings. The molecule has 82 valence electrons. The van der Waals surface area contributed by atoms with Crippen LogP contribution in [0.1, 0.15) is 18.9 Å². The highest BCUT2D eigenvalue weighted by Gasteiger charge is 2.03. The second-order valence-electron chi connectivity index (χ2n) is 3.69. The van der Waals surface area contributed by atoms with Gasteiger partial charge in [0, 0.05) is 25.2 Å². The van der Waals surface area contributed by atoms with Gasteiger partial charge in [-0.25, -0.2) is 0 Å². The molecule has 0 saturated heterocycles. The number of hydrogen-bond donors (Lipinski definition) is 2. The van der Waals surface area contributed by atoms with E-state index >= 15 is 0 Å². The Balaban J connectivity index is 2.65. The molecule has 0 radical (unpaired) electrons. The molecule has 1 aromatic carbocycles. The lowest BCUT2D eigenvalue weighted by molar-refractivity contribution is 0.831. The van der Waals surface area contributed by atoms with Crippen LogP contribution in [0.15, 0.2) is 24.3 Å². The summed E-state index contributed by atoms with van der Waals surface area (Å²) in [4.78, 5) is 2.22. The standard InChI is InChI=1S/C12H19N3/c1-3-15(9-8-12(13)14)11-6-4-10(2)5-7-11/h4-7H,3,8-9H2,1-2H3,(H3,13,14). The maximum absolute atomic E-state index is 7.21. The summed E-state index contributed by atoms with van der Waals surface area (Å²) in [6.45, 7) is 5.95. The quantitative estimate of drug-likeness (QED) is 0.571. The molecule has 3 N–H and O–H groups in total. The number of rotatable bonds is 5. The molecule has 3 nitrogen and oxygen atoms in total. The Hall–Kier alpha value is -1.51. The van der Waals surface area contributed by atoms with Crippen LogP contribution in [-0.4, -0.2) is 18.9 Å². The number of nitrogens with one attached hydrogen (secondary N) is 1. The van der Waals surface area contributed by atoms with E-state index in [9.17, 15) is 0 Å². The van der Waals surface area contributed by atoms with E-state index in [1.807, 2.05) is 0 Å². The molecule has 0 aliphatic rings. The predicted molar refractivity (Wildman–Crippen MR) is 65.6 cm³/mol. The van der Waals surface area contributed by atoms with Crippen molar-refractivity contribution in [3.05, 3.63) is 29.8 Å². The van der Waals surface area contributed by atoms with Gasteiger partial charge in [0.15, 0.2) is 0 Å². The smallest absolute Gasteiger partial charge is 0.0923 e. The molecule has 0 aliphatic carbocycles. The lowest BCUT2D eigenvalue weighted by Crippen LogP contribution is -2.27. The maximum atomic E-state index is 7.21. The second-order valence-corrected chi connectivity index (χ2v) is 3.69. The zero-order valence-corrected chi connectivity index (χ0v) is 9.46. The zero-order chi connectivity index (χ0) is 11.3. The maximum Gasteiger partial charge on any atom is 0.0923 e. The highest BCUT2D eigenvalue weighted by atomic mass is 15.1. The SMILES string of the molecule is CCN(CCC(=N)N)c1ccc(C)cc1. The van der Waals surface area contributed by atoms with Crippen LogP contribution < -0.4 is 10.6 Å². The topological polar surface area (TPSA) is 53.1 Å². The fourth-order valence-corrected chi connectivity index (χ4v) is 1.48. The average molecular weight is 205 g/mol. The lowest BCUT2D eigenvalue weighted by Gasteiger charge is -2.22. The van der Waals surface area contributed by atoms with Crippen molar-refractivity contribution >= 4 is 11.5 Å². The van der Waals surface area contributed by atoms with E-state index in [0.717, 1.165) is 13.1 Å². The number of anilines is 1. The Morgan fingerprint density at radius 1 is 1.33 bits per heavy atom. The Labute approximate surface area is 91.4 Å². The number of benzene rings is 1. The second kappa shape index (κ2) is 5.39. The van der Waals surface area contributed by atoms with Gasteiger partial charge in [-0.2, -0.15) is 0 Å². The van der Waals surface area contributed by atoms with Crippen molar-refractivity contribution in [2.24, 2.45) is 5.73 Å². The highest BCUT2D eigenvalue weighted by Crippen LogP contribution is 2.14. The van der Waals surface area contributed by atoms with Crippen molar-refractivity contribution < 1.29 is 0 Å². The molecule has 0 amide bonds. The van der Waals surface area contributed by atoms with Crippen LogP contribution in [0.3, 0.4) is 0 Å². The van der Waals surface area contributed by atoms with Gasteiger partial charge < -0.3 is 10.6 Å². The normalized spacial score (nSPS) is 10.0. The molecular formula is C12H19N3. The number of nitrogens with two attached hydrogens (primary N) is 1. The summed E-state index contributed by atoms with van der Waals surface area (Å²) in [5, 5.41) is 7.21. The summed E-state index contributed by atoms with van der Waals surface area (Å²) in [5.41, 5.74) is 7.82. The summed E-state index contributed by atoms with van der Waals surface area (Å²) in [5.74, 6) is 0.251. The first-order valence-corrected chi connectivity index (χ1v) is 5.28. The number of amidine groups is 1.